The number of amides is 2. The summed E-state index contributed by atoms with van der Waals surface area (Å²) in [4.78, 5) is 33.8. The van der Waals surface area contributed by atoms with Gasteiger partial charge in [-0.2, -0.15) is 0 Å². The molecule has 0 saturated heterocycles. The van der Waals surface area contributed by atoms with E-state index in [-0.39, 0.29) is 6.61 Å². The number of benzene rings is 2. The molecular formula is C21H19N5O3. The summed E-state index contributed by atoms with van der Waals surface area (Å²) in [5.74, 6) is 0.122. The smallest absolute Gasteiger partial charge is 0.409 e. The number of para-hydroxylation sites is 1. The summed E-state index contributed by atoms with van der Waals surface area (Å²) in [7, 11) is 1.84. The number of aliphatic imine (C=N–C) groups is 1. The van der Waals surface area contributed by atoms with Crippen molar-refractivity contribution in [2.75, 3.05) is 5.32 Å². The number of nitrogens with zero attached hydrogens (tertiary/aromatic N) is 3. The van der Waals surface area contributed by atoms with E-state index in [2.05, 4.69) is 20.6 Å². The van der Waals surface area contributed by atoms with Crippen LogP contribution in [0, 0.1) is 0 Å². The minimum Gasteiger partial charge on any atom is -0.445 e. The summed E-state index contributed by atoms with van der Waals surface area (Å²) in [5, 5.41) is 5.33. The molecule has 0 spiro atoms. The first-order valence-corrected chi connectivity index (χ1v) is 9.05. The Kier molecular flexibility index (Phi) is 5.07. The van der Waals surface area contributed by atoms with Crippen molar-refractivity contribution >= 4 is 23.4 Å². The number of imidazole rings is 1. The van der Waals surface area contributed by atoms with Gasteiger partial charge in [-0.3, -0.25) is 10.1 Å². The number of carbonyl (C=O) groups is 2. The van der Waals surface area contributed by atoms with Crippen molar-refractivity contribution in [3.05, 3.63) is 83.9 Å². The highest BCUT2D eigenvalue weighted by Gasteiger charge is 2.28. The lowest BCUT2D eigenvalue weighted by molar-refractivity contribution is -0.117. The van der Waals surface area contributed by atoms with Crippen molar-refractivity contribution in [2.24, 2.45) is 12.0 Å². The minimum atomic E-state index is -1.16. The highest BCUT2D eigenvalue weighted by molar-refractivity contribution is 6.18. The van der Waals surface area contributed by atoms with Gasteiger partial charge in [-0.15, -0.1) is 0 Å². The summed E-state index contributed by atoms with van der Waals surface area (Å²) in [6.07, 6.45) is 1.55. The fourth-order valence-corrected chi connectivity index (χ4v) is 3.00. The van der Waals surface area contributed by atoms with Gasteiger partial charge in [0.2, 0.25) is 6.17 Å². The molecule has 0 radical (unpaired) electrons. The number of ether oxygens (including phenoxy) is 1. The normalized spacial score (nSPS) is 15.6. The third-order valence-corrected chi connectivity index (χ3v) is 4.45. The van der Waals surface area contributed by atoms with Gasteiger partial charge >= 0.3 is 6.09 Å². The third kappa shape index (κ3) is 4.01. The lowest BCUT2D eigenvalue weighted by atomic mass is 10.1. The number of alkyl carbamates (subject to hydrolysis) is 1. The quantitative estimate of drug-likeness (QED) is 0.716. The van der Waals surface area contributed by atoms with Crippen LogP contribution in [-0.4, -0.2) is 33.4 Å². The highest BCUT2D eigenvalue weighted by atomic mass is 16.5. The Balaban J connectivity index is 1.59. The minimum absolute atomic E-state index is 0.0944. The molecule has 0 aliphatic carbocycles. The molecule has 0 saturated carbocycles. The average molecular weight is 389 g/mol. The molecule has 8 heteroatoms. The number of nitrogens with one attached hydrogen (secondary N) is 2. The fourth-order valence-electron chi connectivity index (χ4n) is 3.00. The number of fused-ring (bicyclic) bond motifs is 1. The zero-order valence-electron chi connectivity index (χ0n) is 15.7. The first-order valence-electron chi connectivity index (χ1n) is 9.05. The third-order valence-electron chi connectivity index (χ3n) is 4.45. The number of anilines is 1. The van der Waals surface area contributed by atoms with Crippen LogP contribution in [0.3, 0.4) is 0 Å². The molecule has 2 N–H and O–H groups in total. The average Bonchev–Trinajstić information content (AvgIpc) is 3.10. The summed E-state index contributed by atoms with van der Waals surface area (Å²) >= 11 is 0. The molecule has 2 amide bonds. The maximum absolute atomic E-state index is 12.7. The highest BCUT2D eigenvalue weighted by Crippen LogP contribution is 2.23. The molecule has 2 aromatic carbocycles. The molecule has 1 aliphatic heterocycles. The van der Waals surface area contributed by atoms with Gasteiger partial charge in [0.1, 0.15) is 12.3 Å². The van der Waals surface area contributed by atoms with Crippen LogP contribution in [0.2, 0.25) is 0 Å². The molecule has 0 fully saturated rings. The van der Waals surface area contributed by atoms with Crippen LogP contribution in [0.25, 0.3) is 0 Å². The second-order valence-corrected chi connectivity index (χ2v) is 6.48. The largest absolute Gasteiger partial charge is 0.445 e. The number of benzodiazepines with no additional fused rings is 1. The lowest BCUT2D eigenvalue weighted by Gasteiger charge is -2.13. The van der Waals surface area contributed by atoms with E-state index in [4.69, 9.17) is 4.74 Å². The van der Waals surface area contributed by atoms with Gasteiger partial charge < -0.3 is 14.6 Å². The zero-order chi connectivity index (χ0) is 20.2. The van der Waals surface area contributed by atoms with Gasteiger partial charge in [0.05, 0.1) is 5.69 Å². The maximum Gasteiger partial charge on any atom is 0.409 e. The SMILES string of the molecule is Cn1ccnc1C1=N[C@H](NC(=O)OCc2ccccc2)C(=O)Nc2ccccc21. The number of hydrogen-bond acceptors (Lipinski definition) is 5. The molecule has 2 heterocycles. The molecule has 1 atom stereocenters. The first kappa shape index (κ1) is 18.4. The van der Waals surface area contributed by atoms with Crippen molar-refractivity contribution in [2.45, 2.75) is 12.8 Å². The summed E-state index contributed by atoms with van der Waals surface area (Å²) in [5.41, 5.74) is 2.66. The standard InChI is InChI=1S/C21H19N5O3/c1-26-12-11-22-19(26)17-15-9-5-6-10-16(15)23-20(27)18(24-17)25-21(28)29-13-14-7-3-2-4-8-14/h2-12,18H,13H2,1H3,(H,23,27)(H,25,28)/t18-/m1/s1. The number of hydrogen-bond donors (Lipinski definition) is 2. The lowest BCUT2D eigenvalue weighted by Crippen LogP contribution is -2.42. The Labute approximate surface area is 167 Å². The van der Waals surface area contributed by atoms with Gasteiger partial charge in [-0.1, -0.05) is 48.5 Å². The fraction of sp³-hybridized carbons (Fsp3) is 0.143. The van der Waals surface area contributed by atoms with E-state index in [1.54, 1.807) is 23.0 Å². The van der Waals surface area contributed by atoms with Crippen molar-refractivity contribution in [3.63, 3.8) is 0 Å². The summed E-state index contributed by atoms with van der Waals surface area (Å²) < 4.78 is 7.03. The van der Waals surface area contributed by atoms with Crippen molar-refractivity contribution < 1.29 is 14.3 Å². The Bertz CT molecular complexity index is 1070. The van der Waals surface area contributed by atoms with E-state index in [0.717, 1.165) is 11.1 Å². The van der Waals surface area contributed by atoms with Crippen molar-refractivity contribution in [3.8, 4) is 0 Å². The van der Waals surface area contributed by atoms with Crippen molar-refractivity contribution in [1.82, 2.24) is 14.9 Å². The van der Waals surface area contributed by atoms with Crippen LogP contribution in [0.4, 0.5) is 10.5 Å². The molecule has 0 bridgehead atoms. The molecule has 146 valence electrons. The van der Waals surface area contributed by atoms with Crippen LogP contribution in [-0.2, 0) is 23.2 Å². The Morgan fingerprint density at radius 2 is 1.93 bits per heavy atom. The Hall–Kier alpha value is -3.94. The van der Waals surface area contributed by atoms with E-state index in [9.17, 15) is 9.59 Å². The molecule has 29 heavy (non-hydrogen) atoms. The van der Waals surface area contributed by atoms with Crippen LogP contribution in [0.5, 0.6) is 0 Å². The van der Waals surface area contributed by atoms with Gasteiger partial charge in [0.15, 0.2) is 5.82 Å². The predicted molar refractivity (Wildman–Crippen MR) is 107 cm³/mol. The first-order chi connectivity index (χ1) is 14.1. The summed E-state index contributed by atoms with van der Waals surface area (Å²) in [6.45, 7) is 0.0944. The van der Waals surface area contributed by atoms with Crippen LogP contribution < -0.4 is 10.6 Å². The van der Waals surface area contributed by atoms with Gasteiger partial charge in [-0.25, -0.2) is 14.8 Å². The topological polar surface area (TPSA) is 97.6 Å². The monoisotopic (exact) mass is 389 g/mol. The van der Waals surface area contributed by atoms with Crippen LogP contribution in [0.1, 0.15) is 17.0 Å². The number of carbonyl (C=O) groups excluding carboxylic acids is 2. The second kappa shape index (κ2) is 7.97. The number of aromatic nitrogens is 2. The van der Waals surface area contributed by atoms with E-state index in [0.29, 0.717) is 17.2 Å². The number of rotatable bonds is 4. The van der Waals surface area contributed by atoms with Gasteiger partial charge in [0.25, 0.3) is 5.91 Å². The molecule has 3 aromatic rings. The van der Waals surface area contributed by atoms with Gasteiger partial charge in [0, 0.05) is 25.0 Å². The van der Waals surface area contributed by atoms with E-state index < -0.39 is 18.2 Å². The van der Waals surface area contributed by atoms with E-state index >= 15 is 0 Å². The number of aryl methyl sites for hydroxylation is 1. The molecule has 0 unspecified atom stereocenters. The zero-order valence-corrected chi connectivity index (χ0v) is 15.7. The summed E-state index contributed by atoms with van der Waals surface area (Å²) in [6, 6.07) is 16.6. The molecule has 8 nitrogen and oxygen atoms in total. The Morgan fingerprint density at radius 1 is 1.17 bits per heavy atom. The Morgan fingerprint density at radius 3 is 2.69 bits per heavy atom. The molecule has 1 aliphatic rings. The van der Waals surface area contributed by atoms with E-state index in [1.807, 2.05) is 55.6 Å². The molecule has 1 aromatic heterocycles. The maximum atomic E-state index is 12.7. The predicted octanol–water partition coefficient (Wildman–Crippen LogP) is 2.46. The second-order valence-electron chi connectivity index (χ2n) is 6.48. The molecule has 4 rings (SSSR count). The van der Waals surface area contributed by atoms with Crippen LogP contribution >= 0.6 is 0 Å². The van der Waals surface area contributed by atoms with E-state index in [1.165, 1.54) is 0 Å². The van der Waals surface area contributed by atoms with Crippen LogP contribution in [0.15, 0.2) is 72.0 Å². The van der Waals surface area contributed by atoms with Gasteiger partial charge in [-0.05, 0) is 11.6 Å². The van der Waals surface area contributed by atoms with Crippen molar-refractivity contribution in [1.29, 1.82) is 0 Å². The molecular weight excluding hydrogens is 370 g/mol.